The van der Waals surface area contributed by atoms with E-state index in [0.29, 0.717) is 16.8 Å². The van der Waals surface area contributed by atoms with Crippen LogP contribution in [-0.4, -0.2) is 9.13 Å². The van der Waals surface area contributed by atoms with Crippen LogP contribution in [0.15, 0.2) is 121 Å². The zero-order chi connectivity index (χ0) is 30.4. The van der Waals surface area contributed by atoms with Gasteiger partial charge >= 0.3 is 0 Å². The molecule has 0 fully saturated rings. The summed E-state index contributed by atoms with van der Waals surface area (Å²) < 4.78 is 4.41. The van der Waals surface area contributed by atoms with Crippen LogP contribution in [0.1, 0.15) is 36.1 Å². The fourth-order valence-corrected chi connectivity index (χ4v) is 7.75. The van der Waals surface area contributed by atoms with Crippen molar-refractivity contribution in [3.05, 3.63) is 144 Å². The number of aromatic nitrogens is 2. The Bertz CT molecular complexity index is 2600. The lowest BCUT2D eigenvalue weighted by molar-refractivity contribution is 0.661. The molecule has 0 bridgehead atoms. The summed E-state index contributed by atoms with van der Waals surface area (Å²) in [5, 5.41) is 25.4. The zero-order valence-electron chi connectivity index (χ0n) is 24.8. The summed E-state index contributed by atoms with van der Waals surface area (Å²) in [5.74, 6) is 0. The molecular formula is C41H26N4. The highest BCUT2D eigenvalue weighted by molar-refractivity contribution is 6.12. The Hall–Kier alpha value is -6.10. The summed E-state index contributed by atoms with van der Waals surface area (Å²) in [7, 11) is 0. The quantitative estimate of drug-likeness (QED) is 0.206. The maximum atomic E-state index is 10.5. The van der Waals surface area contributed by atoms with Crippen LogP contribution in [0.4, 0.5) is 0 Å². The van der Waals surface area contributed by atoms with Crippen LogP contribution in [0.3, 0.4) is 0 Å². The van der Waals surface area contributed by atoms with Crippen LogP contribution < -0.4 is 0 Å². The topological polar surface area (TPSA) is 57.4 Å². The molecule has 1 aliphatic rings. The summed E-state index contributed by atoms with van der Waals surface area (Å²) in [5.41, 5.74) is 11.4. The number of fused-ring (bicyclic) bond motifs is 9. The van der Waals surface area contributed by atoms with Crippen LogP contribution in [0.2, 0.25) is 0 Å². The molecule has 0 spiro atoms. The Morgan fingerprint density at radius 3 is 1.73 bits per heavy atom. The number of rotatable bonds is 2. The summed E-state index contributed by atoms with van der Waals surface area (Å²) in [6.45, 7) is 4.60. The number of nitrogens with zero attached hydrogens (tertiary/aromatic N) is 4. The van der Waals surface area contributed by atoms with Gasteiger partial charge in [-0.15, -0.1) is 0 Å². The number of benzene rings is 6. The van der Waals surface area contributed by atoms with E-state index in [4.69, 9.17) is 0 Å². The van der Waals surface area contributed by atoms with Crippen molar-refractivity contribution in [1.82, 2.24) is 9.13 Å². The molecule has 45 heavy (non-hydrogen) atoms. The summed E-state index contributed by atoms with van der Waals surface area (Å²) >= 11 is 0. The smallest absolute Gasteiger partial charge is 0.103 e. The number of hydrogen-bond donors (Lipinski definition) is 0. The van der Waals surface area contributed by atoms with Gasteiger partial charge in [0.15, 0.2) is 0 Å². The summed E-state index contributed by atoms with van der Waals surface area (Å²) in [6, 6.07) is 47.1. The second-order valence-electron chi connectivity index (χ2n) is 12.4. The van der Waals surface area contributed by atoms with E-state index < -0.39 is 0 Å². The van der Waals surface area contributed by atoms with Gasteiger partial charge in [-0.3, -0.25) is 0 Å². The number of nitriles is 2. The average molecular weight is 575 g/mol. The van der Waals surface area contributed by atoms with Gasteiger partial charge in [0.1, 0.15) is 12.1 Å². The zero-order valence-corrected chi connectivity index (χ0v) is 24.8. The van der Waals surface area contributed by atoms with Gasteiger partial charge in [0.25, 0.3) is 0 Å². The van der Waals surface area contributed by atoms with Gasteiger partial charge in [-0.25, -0.2) is 0 Å². The fourth-order valence-electron chi connectivity index (χ4n) is 7.75. The monoisotopic (exact) mass is 574 g/mol. The predicted molar refractivity (Wildman–Crippen MR) is 182 cm³/mol. The van der Waals surface area contributed by atoms with Gasteiger partial charge in [0.2, 0.25) is 0 Å². The third-order valence-corrected chi connectivity index (χ3v) is 9.79. The Morgan fingerprint density at radius 1 is 0.511 bits per heavy atom. The van der Waals surface area contributed by atoms with E-state index in [2.05, 4.69) is 126 Å². The fraction of sp³-hybridized carbons (Fsp3) is 0.0732. The van der Waals surface area contributed by atoms with E-state index in [-0.39, 0.29) is 5.41 Å². The van der Waals surface area contributed by atoms with Gasteiger partial charge in [-0.05, 0) is 64.7 Å². The third-order valence-electron chi connectivity index (χ3n) is 9.79. The maximum absolute atomic E-state index is 10.5. The highest BCUT2D eigenvalue weighted by Crippen LogP contribution is 2.51. The molecule has 0 saturated heterocycles. The molecule has 210 valence electrons. The molecule has 6 aromatic carbocycles. The van der Waals surface area contributed by atoms with E-state index in [1.807, 2.05) is 30.3 Å². The van der Waals surface area contributed by atoms with Crippen molar-refractivity contribution in [3.8, 4) is 34.6 Å². The first kappa shape index (κ1) is 25.4. The summed E-state index contributed by atoms with van der Waals surface area (Å²) in [4.78, 5) is 0. The van der Waals surface area contributed by atoms with E-state index >= 15 is 0 Å². The van der Waals surface area contributed by atoms with Crippen LogP contribution in [-0.2, 0) is 5.41 Å². The first-order chi connectivity index (χ1) is 22.0. The number of para-hydroxylation sites is 3. The predicted octanol–water partition coefficient (Wildman–Crippen LogP) is 9.93. The van der Waals surface area contributed by atoms with Crippen molar-refractivity contribution in [2.75, 3.05) is 0 Å². The summed E-state index contributed by atoms with van der Waals surface area (Å²) in [6.07, 6.45) is 0. The van der Waals surface area contributed by atoms with Crippen LogP contribution in [0, 0.1) is 22.7 Å². The van der Waals surface area contributed by atoms with Crippen molar-refractivity contribution in [2.45, 2.75) is 19.3 Å². The van der Waals surface area contributed by atoms with E-state index in [1.165, 1.54) is 22.3 Å². The second-order valence-corrected chi connectivity index (χ2v) is 12.4. The lowest BCUT2D eigenvalue weighted by atomic mass is 9.82. The molecule has 0 amide bonds. The Kier molecular flexibility index (Phi) is 5.06. The molecule has 0 N–H and O–H groups in total. The van der Waals surface area contributed by atoms with Crippen LogP contribution in [0.5, 0.6) is 0 Å². The van der Waals surface area contributed by atoms with Crippen LogP contribution in [0.25, 0.3) is 66.1 Å². The molecule has 1 aliphatic carbocycles. The first-order valence-electron chi connectivity index (χ1n) is 15.2. The van der Waals surface area contributed by atoms with Gasteiger partial charge in [0, 0.05) is 32.6 Å². The molecule has 9 rings (SSSR count). The second kappa shape index (κ2) is 8.96. The van der Waals surface area contributed by atoms with E-state index in [0.717, 1.165) is 49.3 Å². The highest BCUT2D eigenvalue weighted by atomic mass is 15.0. The largest absolute Gasteiger partial charge is 0.309 e. The lowest BCUT2D eigenvalue weighted by Gasteiger charge is -2.22. The lowest BCUT2D eigenvalue weighted by Crippen LogP contribution is -2.15. The Labute approximate surface area is 260 Å². The molecule has 2 heterocycles. The van der Waals surface area contributed by atoms with Crippen molar-refractivity contribution in [1.29, 1.82) is 10.5 Å². The highest BCUT2D eigenvalue weighted by Gasteiger charge is 2.36. The molecule has 8 aromatic rings. The molecule has 0 saturated carbocycles. The van der Waals surface area contributed by atoms with E-state index in [1.54, 1.807) is 0 Å². The molecule has 0 aliphatic heterocycles. The van der Waals surface area contributed by atoms with Crippen molar-refractivity contribution in [2.24, 2.45) is 0 Å². The Balaban J connectivity index is 1.41. The normalized spacial score (nSPS) is 13.2. The molecule has 4 heteroatoms. The average Bonchev–Trinajstić information content (AvgIpc) is 3.67. The standard InChI is InChI=1S/C41H26N4/c1-41(2)34-15-7-3-11-27(34)31-21-32-30-14-6-8-16-36(30)44(40(32)22-35(31)41)26-19-25(23-42)33(24-43)39(20-26)45-37-17-9-4-12-28(37)29-13-5-10-18-38(29)45/h3-22H,1-2H3. The molecular weight excluding hydrogens is 548 g/mol. The van der Waals surface area contributed by atoms with E-state index in [9.17, 15) is 10.5 Å². The molecule has 2 aromatic heterocycles. The third kappa shape index (κ3) is 3.29. The van der Waals surface area contributed by atoms with Gasteiger partial charge in [-0.1, -0.05) is 92.7 Å². The van der Waals surface area contributed by atoms with Gasteiger partial charge < -0.3 is 9.13 Å². The minimum atomic E-state index is -0.155. The Morgan fingerprint density at radius 2 is 1.09 bits per heavy atom. The van der Waals surface area contributed by atoms with Gasteiger partial charge in [-0.2, -0.15) is 10.5 Å². The molecule has 0 atom stereocenters. The van der Waals surface area contributed by atoms with Gasteiger partial charge in [0.05, 0.1) is 38.9 Å². The SMILES string of the molecule is CC1(C)c2ccccc2-c2cc3c4ccccc4n(-c4cc(C#N)c(C#N)c(-n5c6ccccc6c6ccccc65)c4)c3cc21. The van der Waals surface area contributed by atoms with Crippen molar-refractivity contribution >= 4 is 43.6 Å². The molecule has 4 nitrogen and oxygen atoms in total. The van der Waals surface area contributed by atoms with Crippen molar-refractivity contribution in [3.63, 3.8) is 0 Å². The molecule has 0 radical (unpaired) electrons. The number of hydrogen-bond acceptors (Lipinski definition) is 2. The first-order valence-corrected chi connectivity index (χ1v) is 15.2. The molecule has 0 unspecified atom stereocenters. The minimum absolute atomic E-state index is 0.155. The van der Waals surface area contributed by atoms with Crippen molar-refractivity contribution < 1.29 is 0 Å². The minimum Gasteiger partial charge on any atom is -0.309 e. The maximum Gasteiger partial charge on any atom is 0.103 e. The van der Waals surface area contributed by atoms with Crippen LogP contribution >= 0.6 is 0 Å².